The topological polar surface area (TPSA) is 66.5 Å². The van der Waals surface area contributed by atoms with Crippen LogP contribution in [0.25, 0.3) is 6.08 Å². The highest BCUT2D eigenvalue weighted by Crippen LogP contribution is 2.26. The van der Waals surface area contributed by atoms with Gasteiger partial charge in [0.1, 0.15) is 5.57 Å². The number of barbiturate groups is 1. The third-order valence-electron chi connectivity index (χ3n) is 3.38. The smallest absolute Gasteiger partial charge is 0.273 e. The van der Waals surface area contributed by atoms with Crippen molar-refractivity contribution >= 4 is 52.8 Å². The van der Waals surface area contributed by atoms with Crippen molar-refractivity contribution in [1.29, 1.82) is 0 Å². The number of halogens is 2. The van der Waals surface area contributed by atoms with Crippen LogP contribution < -0.4 is 10.2 Å². The molecule has 2 aromatic rings. The summed E-state index contributed by atoms with van der Waals surface area (Å²) in [4.78, 5) is 37.6. The maximum absolute atomic E-state index is 12.6. The van der Waals surface area contributed by atoms with Gasteiger partial charge in [0.2, 0.25) is 0 Å². The SMILES string of the molecule is O=C1NC(=O)N(c2ccccc2)C(=O)/C1=C/c1ccc(Cl)cc1Cl. The minimum absolute atomic E-state index is 0.192. The minimum atomic E-state index is -0.796. The van der Waals surface area contributed by atoms with Gasteiger partial charge in [-0.1, -0.05) is 47.5 Å². The summed E-state index contributed by atoms with van der Waals surface area (Å²) in [5, 5.41) is 2.87. The molecule has 0 aromatic heterocycles. The summed E-state index contributed by atoms with van der Waals surface area (Å²) in [6.07, 6.45) is 1.33. The van der Waals surface area contributed by atoms with Crippen molar-refractivity contribution in [3.05, 3.63) is 69.7 Å². The molecule has 2 aromatic carbocycles. The largest absolute Gasteiger partial charge is 0.335 e. The zero-order valence-electron chi connectivity index (χ0n) is 12.1. The summed E-state index contributed by atoms with van der Waals surface area (Å²) >= 11 is 11.9. The number of nitrogens with one attached hydrogen (secondary N) is 1. The van der Waals surface area contributed by atoms with Crippen LogP contribution in [0.2, 0.25) is 10.0 Å². The molecule has 1 N–H and O–H groups in total. The number of anilines is 1. The number of para-hydroxylation sites is 1. The molecule has 120 valence electrons. The first-order valence-corrected chi connectivity index (χ1v) is 7.64. The van der Waals surface area contributed by atoms with Crippen molar-refractivity contribution in [1.82, 2.24) is 5.32 Å². The lowest BCUT2D eigenvalue weighted by Crippen LogP contribution is -2.54. The molecule has 0 saturated carbocycles. The van der Waals surface area contributed by atoms with Gasteiger partial charge in [-0.3, -0.25) is 14.9 Å². The van der Waals surface area contributed by atoms with Crippen LogP contribution in [0.15, 0.2) is 54.1 Å². The summed E-state index contributed by atoms with van der Waals surface area (Å²) in [5.74, 6) is -1.50. The molecule has 1 heterocycles. The second-order valence-electron chi connectivity index (χ2n) is 4.96. The van der Waals surface area contributed by atoms with E-state index in [-0.39, 0.29) is 5.57 Å². The van der Waals surface area contributed by atoms with Crippen molar-refractivity contribution in [2.45, 2.75) is 0 Å². The van der Waals surface area contributed by atoms with Gasteiger partial charge in [0.05, 0.1) is 5.69 Å². The van der Waals surface area contributed by atoms with Gasteiger partial charge in [0, 0.05) is 10.0 Å². The molecule has 0 unspecified atom stereocenters. The number of benzene rings is 2. The maximum Gasteiger partial charge on any atom is 0.335 e. The summed E-state index contributed by atoms with van der Waals surface area (Å²) in [6, 6.07) is 12.2. The predicted octanol–water partition coefficient (Wildman–Crippen LogP) is 3.66. The number of carbonyl (C=O) groups is 3. The second kappa shape index (κ2) is 6.47. The predicted molar refractivity (Wildman–Crippen MR) is 91.9 cm³/mol. The van der Waals surface area contributed by atoms with Crippen LogP contribution in [0.3, 0.4) is 0 Å². The second-order valence-corrected chi connectivity index (χ2v) is 5.80. The maximum atomic E-state index is 12.6. The number of hydrogen-bond acceptors (Lipinski definition) is 3. The Morgan fingerprint density at radius 2 is 1.67 bits per heavy atom. The first-order chi connectivity index (χ1) is 11.5. The van der Waals surface area contributed by atoms with Gasteiger partial charge in [0.25, 0.3) is 11.8 Å². The van der Waals surface area contributed by atoms with Crippen LogP contribution in [0.5, 0.6) is 0 Å². The highest BCUT2D eigenvalue weighted by atomic mass is 35.5. The Hall–Kier alpha value is -2.63. The van der Waals surface area contributed by atoms with E-state index in [4.69, 9.17) is 23.2 Å². The van der Waals surface area contributed by atoms with Gasteiger partial charge < -0.3 is 0 Å². The van der Waals surface area contributed by atoms with Gasteiger partial charge in [-0.15, -0.1) is 0 Å². The van der Waals surface area contributed by atoms with E-state index in [1.165, 1.54) is 12.1 Å². The average Bonchev–Trinajstić information content (AvgIpc) is 2.54. The summed E-state index contributed by atoms with van der Waals surface area (Å²) < 4.78 is 0. The lowest BCUT2D eigenvalue weighted by Gasteiger charge is -2.26. The van der Waals surface area contributed by atoms with E-state index >= 15 is 0 Å². The van der Waals surface area contributed by atoms with E-state index in [2.05, 4.69) is 5.32 Å². The number of hydrogen-bond donors (Lipinski definition) is 1. The van der Waals surface area contributed by atoms with Crippen LogP contribution in [-0.4, -0.2) is 17.8 Å². The van der Waals surface area contributed by atoms with Crippen LogP contribution in [0.1, 0.15) is 5.56 Å². The lowest BCUT2D eigenvalue weighted by molar-refractivity contribution is -0.122. The third-order valence-corrected chi connectivity index (χ3v) is 3.94. The number of urea groups is 1. The number of carbonyl (C=O) groups excluding carboxylic acids is 3. The third kappa shape index (κ3) is 3.04. The Morgan fingerprint density at radius 1 is 0.958 bits per heavy atom. The highest BCUT2D eigenvalue weighted by Gasteiger charge is 2.36. The van der Waals surface area contributed by atoms with Gasteiger partial charge >= 0.3 is 6.03 Å². The summed E-state index contributed by atoms with van der Waals surface area (Å²) in [6.45, 7) is 0. The van der Waals surface area contributed by atoms with Crippen molar-refractivity contribution in [2.75, 3.05) is 4.90 Å². The average molecular weight is 361 g/mol. The molecule has 1 fully saturated rings. The molecule has 5 nitrogen and oxygen atoms in total. The Balaban J connectivity index is 2.04. The summed E-state index contributed by atoms with van der Waals surface area (Å²) in [7, 11) is 0. The zero-order chi connectivity index (χ0) is 17.3. The molecule has 1 saturated heterocycles. The fourth-order valence-electron chi connectivity index (χ4n) is 2.24. The highest BCUT2D eigenvalue weighted by molar-refractivity contribution is 6.40. The Labute approximate surface area is 147 Å². The molecule has 3 rings (SSSR count). The van der Waals surface area contributed by atoms with E-state index in [0.717, 1.165) is 4.90 Å². The van der Waals surface area contributed by atoms with E-state index in [0.29, 0.717) is 21.3 Å². The molecular weight excluding hydrogens is 351 g/mol. The molecule has 0 spiro atoms. The molecule has 0 aliphatic carbocycles. The van der Waals surface area contributed by atoms with E-state index in [1.54, 1.807) is 42.5 Å². The molecule has 0 radical (unpaired) electrons. The quantitative estimate of drug-likeness (QED) is 0.656. The van der Waals surface area contributed by atoms with Crippen LogP contribution in [0, 0.1) is 0 Å². The first-order valence-electron chi connectivity index (χ1n) is 6.89. The van der Waals surface area contributed by atoms with Crippen molar-refractivity contribution < 1.29 is 14.4 Å². The van der Waals surface area contributed by atoms with Crippen LogP contribution in [-0.2, 0) is 9.59 Å². The monoisotopic (exact) mass is 360 g/mol. The number of rotatable bonds is 2. The van der Waals surface area contributed by atoms with E-state index in [1.807, 2.05) is 0 Å². The van der Waals surface area contributed by atoms with Crippen LogP contribution >= 0.6 is 23.2 Å². The van der Waals surface area contributed by atoms with Crippen molar-refractivity contribution in [3.8, 4) is 0 Å². The lowest BCUT2D eigenvalue weighted by atomic mass is 10.1. The Morgan fingerprint density at radius 3 is 2.33 bits per heavy atom. The number of imide groups is 2. The normalized spacial score (nSPS) is 16.5. The Kier molecular flexibility index (Phi) is 4.38. The molecule has 0 atom stereocenters. The van der Waals surface area contributed by atoms with Gasteiger partial charge in [0.15, 0.2) is 0 Å². The Bertz CT molecular complexity index is 879. The fraction of sp³-hybridized carbons (Fsp3) is 0. The van der Waals surface area contributed by atoms with Gasteiger partial charge in [-0.25, -0.2) is 9.69 Å². The zero-order valence-corrected chi connectivity index (χ0v) is 13.6. The summed E-state index contributed by atoms with van der Waals surface area (Å²) in [5.41, 5.74) is 0.616. The molecule has 4 amide bonds. The number of amides is 4. The van der Waals surface area contributed by atoms with Crippen LogP contribution in [0.4, 0.5) is 10.5 Å². The van der Waals surface area contributed by atoms with Gasteiger partial charge in [-0.05, 0) is 35.9 Å². The standard InChI is InChI=1S/C17H10Cl2N2O3/c18-11-7-6-10(14(19)9-11)8-13-15(22)20-17(24)21(16(13)23)12-4-2-1-3-5-12/h1-9H,(H,20,22,24)/b13-8+. The van der Waals surface area contributed by atoms with Crippen molar-refractivity contribution in [2.24, 2.45) is 0 Å². The molecule has 0 bridgehead atoms. The molecule has 7 heteroatoms. The molecule has 1 aliphatic heterocycles. The van der Waals surface area contributed by atoms with Crippen molar-refractivity contribution in [3.63, 3.8) is 0 Å². The molecule has 24 heavy (non-hydrogen) atoms. The number of nitrogens with zero attached hydrogens (tertiary/aromatic N) is 1. The minimum Gasteiger partial charge on any atom is -0.273 e. The molecular formula is C17H10Cl2N2O3. The van der Waals surface area contributed by atoms with Gasteiger partial charge in [-0.2, -0.15) is 0 Å². The first kappa shape index (κ1) is 16.2. The van der Waals surface area contributed by atoms with E-state index in [9.17, 15) is 14.4 Å². The fourth-order valence-corrected chi connectivity index (χ4v) is 2.71. The molecule has 1 aliphatic rings. The van der Waals surface area contributed by atoms with E-state index < -0.39 is 17.8 Å².